The first-order valence-corrected chi connectivity index (χ1v) is 14.8. The molecule has 3 aromatic heterocycles. The fourth-order valence-corrected chi connectivity index (χ4v) is 7.01. The highest BCUT2D eigenvalue weighted by Gasteiger charge is 2.40. The lowest BCUT2D eigenvalue weighted by molar-refractivity contribution is -0.0749. The van der Waals surface area contributed by atoms with E-state index in [1.165, 1.54) is 16.9 Å². The Morgan fingerprint density at radius 1 is 1.14 bits per heavy atom. The number of carbonyl (C=O) groups is 1. The second-order valence-corrected chi connectivity index (χ2v) is 12.1. The Kier molecular flexibility index (Phi) is 7.32. The van der Waals surface area contributed by atoms with E-state index in [0.717, 1.165) is 51.0 Å². The van der Waals surface area contributed by atoms with Gasteiger partial charge in [-0.25, -0.2) is 18.3 Å². The van der Waals surface area contributed by atoms with Gasteiger partial charge in [0.15, 0.2) is 11.3 Å². The number of nitrogens with zero attached hydrogens (tertiary/aromatic N) is 7. The van der Waals surface area contributed by atoms with Crippen LogP contribution in [0.5, 0.6) is 0 Å². The van der Waals surface area contributed by atoms with E-state index in [1.54, 1.807) is 10.9 Å². The highest BCUT2D eigenvalue weighted by atomic mass is 19.3. The summed E-state index contributed by atoms with van der Waals surface area (Å²) in [7, 11) is 0. The summed E-state index contributed by atoms with van der Waals surface area (Å²) in [5.41, 5.74) is 0.0694. The molecule has 1 saturated carbocycles. The number of amides is 1. The second-order valence-electron chi connectivity index (χ2n) is 12.1. The van der Waals surface area contributed by atoms with Gasteiger partial charge in [0.2, 0.25) is 0 Å². The van der Waals surface area contributed by atoms with Gasteiger partial charge in [0, 0.05) is 38.4 Å². The zero-order valence-electron chi connectivity index (χ0n) is 23.2. The molecule has 7 rings (SSSR count). The van der Waals surface area contributed by atoms with Crippen molar-refractivity contribution in [2.75, 3.05) is 36.5 Å². The minimum atomic E-state index is -2.85. The van der Waals surface area contributed by atoms with Crippen molar-refractivity contribution in [3.63, 3.8) is 0 Å². The van der Waals surface area contributed by atoms with Gasteiger partial charge in [-0.3, -0.25) is 14.4 Å². The van der Waals surface area contributed by atoms with Crippen molar-refractivity contribution in [2.24, 2.45) is 5.92 Å². The van der Waals surface area contributed by atoms with E-state index in [1.807, 2.05) is 11.0 Å². The summed E-state index contributed by atoms with van der Waals surface area (Å²) in [6.45, 7) is 2.82. The maximum Gasteiger partial charge on any atom is 0.284 e. The number of hydrogen-bond donors (Lipinski definition) is 3. The van der Waals surface area contributed by atoms with Gasteiger partial charge in [0.1, 0.15) is 17.6 Å². The maximum absolute atomic E-state index is 14.0. The fourth-order valence-electron chi connectivity index (χ4n) is 7.01. The van der Waals surface area contributed by atoms with Gasteiger partial charge in [-0.15, -0.1) is 0 Å². The van der Waals surface area contributed by atoms with Gasteiger partial charge in [-0.2, -0.15) is 10.2 Å². The molecule has 226 valence electrons. The first kappa shape index (κ1) is 27.6. The quantitative estimate of drug-likeness (QED) is 0.382. The number of aromatic nitrogens is 5. The highest BCUT2D eigenvalue weighted by Crippen LogP contribution is 2.36. The van der Waals surface area contributed by atoms with Gasteiger partial charge in [0.05, 0.1) is 42.8 Å². The molecule has 4 atom stereocenters. The molecular formula is C28H36F2N8O4. The van der Waals surface area contributed by atoms with Crippen molar-refractivity contribution in [2.45, 2.75) is 81.9 Å². The molecule has 1 amide bonds. The summed E-state index contributed by atoms with van der Waals surface area (Å²) in [6.07, 6.45) is 6.17. The number of alkyl halides is 2. The number of nitrogens with one attached hydrogen (secondary N) is 1. The van der Waals surface area contributed by atoms with Gasteiger partial charge in [-0.05, 0) is 50.5 Å². The molecule has 1 aliphatic carbocycles. The lowest BCUT2D eigenvalue weighted by Gasteiger charge is -2.38. The lowest BCUT2D eigenvalue weighted by Crippen LogP contribution is -2.46. The van der Waals surface area contributed by atoms with E-state index < -0.39 is 30.4 Å². The van der Waals surface area contributed by atoms with E-state index in [4.69, 9.17) is 9.72 Å². The third-order valence-corrected chi connectivity index (χ3v) is 9.35. The average molecular weight is 587 g/mol. The van der Waals surface area contributed by atoms with E-state index in [2.05, 4.69) is 20.4 Å². The van der Waals surface area contributed by atoms with Crippen LogP contribution in [0, 0.1) is 5.92 Å². The van der Waals surface area contributed by atoms with Crippen LogP contribution in [-0.4, -0.2) is 96.1 Å². The number of likely N-dealkylation sites (tertiary alicyclic amines) is 1. The molecule has 3 saturated heterocycles. The molecule has 3 aliphatic heterocycles. The van der Waals surface area contributed by atoms with Gasteiger partial charge < -0.3 is 25.2 Å². The van der Waals surface area contributed by atoms with E-state index in [9.17, 15) is 23.8 Å². The minimum absolute atomic E-state index is 0.0170. The van der Waals surface area contributed by atoms with Crippen molar-refractivity contribution in [3.05, 3.63) is 35.9 Å². The Balaban J connectivity index is 1.03. The van der Waals surface area contributed by atoms with Gasteiger partial charge >= 0.3 is 0 Å². The lowest BCUT2D eigenvalue weighted by atomic mass is 9.85. The molecule has 0 radical (unpaired) electrons. The Labute approximate surface area is 241 Å². The van der Waals surface area contributed by atoms with Crippen LogP contribution in [0.25, 0.3) is 5.65 Å². The van der Waals surface area contributed by atoms with E-state index in [-0.39, 0.29) is 29.4 Å². The van der Waals surface area contributed by atoms with Crippen molar-refractivity contribution < 1.29 is 28.5 Å². The van der Waals surface area contributed by atoms with Crippen LogP contribution in [0.4, 0.5) is 20.3 Å². The van der Waals surface area contributed by atoms with Crippen molar-refractivity contribution >= 4 is 23.1 Å². The second kappa shape index (κ2) is 11.1. The third-order valence-electron chi connectivity index (χ3n) is 9.35. The van der Waals surface area contributed by atoms with Crippen LogP contribution in [0.3, 0.4) is 0 Å². The molecule has 0 spiro atoms. The normalized spacial score (nSPS) is 30.1. The molecule has 0 aromatic carbocycles. The van der Waals surface area contributed by atoms with Crippen molar-refractivity contribution in [1.29, 1.82) is 0 Å². The molecule has 3 aromatic rings. The number of halogens is 2. The first-order chi connectivity index (χ1) is 20.3. The predicted molar refractivity (Wildman–Crippen MR) is 147 cm³/mol. The number of aliphatic hydroxyl groups is 2. The van der Waals surface area contributed by atoms with Crippen LogP contribution >= 0.6 is 0 Å². The number of piperidine rings is 1. The number of ether oxygens (including phenoxy) is 1. The molecule has 2 unspecified atom stereocenters. The number of carbonyl (C=O) groups excluding carboxylic acids is 1. The number of aliphatic hydroxyl groups excluding tert-OH is 2. The maximum atomic E-state index is 14.0. The molecule has 4 aliphatic rings. The van der Waals surface area contributed by atoms with Crippen molar-refractivity contribution in [1.82, 2.24) is 29.3 Å². The predicted octanol–water partition coefficient (Wildman–Crippen LogP) is 2.60. The molecule has 42 heavy (non-hydrogen) atoms. The monoisotopic (exact) mass is 586 g/mol. The van der Waals surface area contributed by atoms with E-state index in [0.29, 0.717) is 37.6 Å². The third kappa shape index (κ3) is 5.25. The van der Waals surface area contributed by atoms with Gasteiger partial charge in [-0.1, -0.05) is 0 Å². The Hall–Kier alpha value is -3.20. The molecule has 6 heterocycles. The number of rotatable bonds is 7. The number of anilines is 2. The number of morpholine rings is 1. The number of hydrogen-bond acceptors (Lipinski definition) is 9. The summed E-state index contributed by atoms with van der Waals surface area (Å²) in [5, 5.41) is 31.2. The Bertz CT molecular complexity index is 1440. The number of fused-ring (bicyclic) bond motifs is 3. The minimum Gasteiger partial charge on any atom is -0.393 e. The topological polar surface area (TPSA) is 133 Å². The Morgan fingerprint density at radius 2 is 1.98 bits per heavy atom. The van der Waals surface area contributed by atoms with Crippen LogP contribution < -0.4 is 10.2 Å². The first-order valence-electron chi connectivity index (χ1n) is 14.8. The SMILES string of the molecule is O=C(Nc1cn(C2CCC(CN3CCC(O)CC3O)CC2)nc1C(F)F)c1cnn2ccc(N3C[C@H]4C[C@@H]3CO4)nc12. The smallest absolute Gasteiger partial charge is 0.284 e. The summed E-state index contributed by atoms with van der Waals surface area (Å²) < 4.78 is 36.8. The Morgan fingerprint density at radius 3 is 2.69 bits per heavy atom. The molecule has 12 nitrogen and oxygen atoms in total. The fraction of sp³-hybridized carbons (Fsp3) is 0.643. The zero-order valence-corrected chi connectivity index (χ0v) is 23.2. The zero-order chi connectivity index (χ0) is 29.0. The van der Waals surface area contributed by atoms with Crippen molar-refractivity contribution in [3.8, 4) is 0 Å². The summed E-state index contributed by atoms with van der Waals surface area (Å²) in [4.78, 5) is 22.2. The highest BCUT2D eigenvalue weighted by molar-refractivity contribution is 6.08. The van der Waals surface area contributed by atoms with Crippen LogP contribution in [0.15, 0.2) is 24.7 Å². The van der Waals surface area contributed by atoms with Gasteiger partial charge in [0.25, 0.3) is 12.3 Å². The molecule has 4 fully saturated rings. The standard InChI is InChI=1S/C28H36F2N8O4/c29-26(30)25-22(14-38(34-25)17-3-1-16(2-4-17)12-35-7-5-19(39)10-24(35)40)32-28(41)21-11-31-37-8-6-23(33-27(21)37)36-13-20-9-18(36)15-42-20/h6,8,11,14,16-20,24,26,39-40H,1-5,7,9-10,12-13,15H2,(H,32,41)/t16?,17?,18-,19?,20-,24?/m1/s1. The molecule has 2 bridgehead atoms. The largest absolute Gasteiger partial charge is 0.393 e. The summed E-state index contributed by atoms with van der Waals surface area (Å²) in [5.74, 6) is 0.542. The average Bonchev–Trinajstić information content (AvgIpc) is 3.78. The molecular weight excluding hydrogens is 550 g/mol. The summed E-state index contributed by atoms with van der Waals surface area (Å²) >= 11 is 0. The van der Waals surface area contributed by atoms with E-state index >= 15 is 0 Å². The summed E-state index contributed by atoms with van der Waals surface area (Å²) in [6, 6.07) is 2.05. The molecule has 3 N–H and O–H groups in total. The molecule has 14 heteroatoms. The van der Waals surface area contributed by atoms with Crippen LogP contribution in [0.1, 0.15) is 73.5 Å². The van der Waals surface area contributed by atoms with Crippen LogP contribution in [0.2, 0.25) is 0 Å². The van der Waals surface area contributed by atoms with Crippen LogP contribution in [-0.2, 0) is 4.74 Å².